The van der Waals surface area contributed by atoms with Crippen molar-refractivity contribution in [2.75, 3.05) is 26.5 Å². The Hall–Kier alpha value is -3.35. The van der Waals surface area contributed by atoms with Gasteiger partial charge < -0.3 is 19.5 Å². The Morgan fingerprint density at radius 3 is 2.62 bits per heavy atom. The number of amides is 2. The van der Waals surface area contributed by atoms with E-state index < -0.39 is 0 Å². The number of carbonyl (C=O) groups is 2. The maximum Gasteiger partial charge on any atom is 0.257 e. The van der Waals surface area contributed by atoms with Crippen LogP contribution in [0.1, 0.15) is 20.7 Å². The van der Waals surface area contributed by atoms with Gasteiger partial charge in [0.25, 0.3) is 11.8 Å². The van der Waals surface area contributed by atoms with Crippen molar-refractivity contribution in [3.8, 4) is 5.75 Å². The third-order valence-corrected chi connectivity index (χ3v) is 4.08. The molecular weight excluding hydrogens is 332 g/mol. The van der Waals surface area contributed by atoms with E-state index in [0.29, 0.717) is 22.6 Å². The van der Waals surface area contributed by atoms with Gasteiger partial charge in [0.2, 0.25) is 0 Å². The van der Waals surface area contributed by atoms with Crippen molar-refractivity contribution >= 4 is 28.5 Å². The summed E-state index contributed by atoms with van der Waals surface area (Å²) < 4.78 is 7.13. The standard InChI is InChI=1S/C19H20N4O3/c1-22(2)19(25)14-10-13(6-8-17(14)26-4)21-18(24)12-5-7-16-15(9-12)20-11-23(16)3/h5-11H,1-4H3,(H,21,24). The van der Waals surface area contributed by atoms with Crippen LogP contribution in [0.25, 0.3) is 11.0 Å². The SMILES string of the molecule is COc1ccc(NC(=O)c2ccc3c(c2)ncn3C)cc1C(=O)N(C)C. The summed E-state index contributed by atoms with van der Waals surface area (Å²) in [6, 6.07) is 10.3. The van der Waals surface area contributed by atoms with Crippen molar-refractivity contribution in [1.29, 1.82) is 0 Å². The fraction of sp³-hybridized carbons (Fsp3) is 0.211. The zero-order valence-corrected chi connectivity index (χ0v) is 15.1. The van der Waals surface area contributed by atoms with Crippen LogP contribution in [0, 0.1) is 0 Å². The van der Waals surface area contributed by atoms with Crippen LogP contribution in [0.2, 0.25) is 0 Å². The first-order valence-electron chi connectivity index (χ1n) is 8.03. The second-order valence-electron chi connectivity index (χ2n) is 6.13. The van der Waals surface area contributed by atoms with Crippen LogP contribution in [-0.2, 0) is 7.05 Å². The van der Waals surface area contributed by atoms with Crippen LogP contribution >= 0.6 is 0 Å². The molecule has 0 atom stereocenters. The summed E-state index contributed by atoms with van der Waals surface area (Å²) in [7, 11) is 6.72. The van der Waals surface area contributed by atoms with Gasteiger partial charge in [0, 0.05) is 32.4 Å². The summed E-state index contributed by atoms with van der Waals surface area (Å²) in [5.74, 6) is -0.0181. The summed E-state index contributed by atoms with van der Waals surface area (Å²) in [5.41, 5.74) is 3.09. The number of hydrogen-bond donors (Lipinski definition) is 1. The Balaban J connectivity index is 1.88. The average molecular weight is 352 g/mol. The lowest BCUT2D eigenvalue weighted by Gasteiger charge is -2.15. The lowest BCUT2D eigenvalue weighted by atomic mass is 10.1. The van der Waals surface area contributed by atoms with Gasteiger partial charge in [-0.3, -0.25) is 9.59 Å². The highest BCUT2D eigenvalue weighted by Crippen LogP contribution is 2.24. The van der Waals surface area contributed by atoms with Gasteiger partial charge in [-0.25, -0.2) is 4.98 Å². The molecule has 0 saturated heterocycles. The molecule has 3 aromatic rings. The Bertz CT molecular complexity index is 992. The minimum atomic E-state index is -0.272. The lowest BCUT2D eigenvalue weighted by molar-refractivity contribution is 0.0824. The molecule has 0 spiro atoms. The van der Waals surface area contributed by atoms with Gasteiger partial charge in [-0.1, -0.05) is 0 Å². The molecule has 134 valence electrons. The number of aryl methyl sites for hydroxylation is 1. The third kappa shape index (κ3) is 3.23. The van der Waals surface area contributed by atoms with E-state index in [4.69, 9.17) is 4.74 Å². The monoisotopic (exact) mass is 352 g/mol. The summed E-state index contributed by atoms with van der Waals surface area (Å²) in [6.07, 6.45) is 1.70. The first-order valence-corrected chi connectivity index (χ1v) is 8.03. The second kappa shape index (κ2) is 6.87. The van der Waals surface area contributed by atoms with Crippen LogP contribution in [-0.4, -0.2) is 47.5 Å². The summed E-state index contributed by atoms with van der Waals surface area (Å²) in [5, 5.41) is 2.82. The van der Waals surface area contributed by atoms with E-state index in [0.717, 1.165) is 11.0 Å². The minimum absolute atomic E-state index is 0.201. The second-order valence-corrected chi connectivity index (χ2v) is 6.13. The van der Waals surface area contributed by atoms with Crippen molar-refractivity contribution in [2.24, 2.45) is 7.05 Å². The zero-order valence-electron chi connectivity index (χ0n) is 15.1. The van der Waals surface area contributed by atoms with E-state index in [9.17, 15) is 9.59 Å². The molecule has 2 amide bonds. The zero-order chi connectivity index (χ0) is 18.8. The molecule has 0 radical (unpaired) electrons. The van der Waals surface area contributed by atoms with Gasteiger partial charge in [0.1, 0.15) is 5.75 Å². The average Bonchev–Trinajstić information content (AvgIpc) is 3.01. The molecular formula is C19H20N4O3. The number of nitrogens with one attached hydrogen (secondary N) is 1. The predicted molar refractivity (Wildman–Crippen MR) is 99.7 cm³/mol. The first kappa shape index (κ1) is 17.5. The van der Waals surface area contributed by atoms with E-state index >= 15 is 0 Å². The summed E-state index contributed by atoms with van der Waals surface area (Å²) >= 11 is 0. The number of methoxy groups -OCH3 is 1. The van der Waals surface area contributed by atoms with Gasteiger partial charge in [-0.2, -0.15) is 0 Å². The predicted octanol–water partition coefficient (Wildman–Crippen LogP) is 2.54. The maximum atomic E-state index is 12.6. The number of hydrogen-bond acceptors (Lipinski definition) is 4. The highest BCUT2D eigenvalue weighted by Gasteiger charge is 2.16. The molecule has 2 aromatic carbocycles. The van der Waals surface area contributed by atoms with E-state index in [1.807, 2.05) is 17.7 Å². The maximum absolute atomic E-state index is 12.6. The van der Waals surface area contributed by atoms with Crippen molar-refractivity contribution in [3.05, 3.63) is 53.9 Å². The molecule has 1 aromatic heterocycles. The van der Waals surface area contributed by atoms with Crippen molar-refractivity contribution < 1.29 is 14.3 Å². The normalized spacial score (nSPS) is 10.6. The van der Waals surface area contributed by atoms with Crippen LogP contribution in [0.4, 0.5) is 5.69 Å². The summed E-state index contributed by atoms with van der Waals surface area (Å²) in [6.45, 7) is 0. The van der Waals surface area contributed by atoms with E-state index in [1.165, 1.54) is 12.0 Å². The molecule has 7 nitrogen and oxygen atoms in total. The van der Waals surface area contributed by atoms with E-state index in [1.54, 1.807) is 50.8 Å². The molecule has 7 heteroatoms. The molecule has 1 heterocycles. The number of fused-ring (bicyclic) bond motifs is 1. The lowest BCUT2D eigenvalue weighted by Crippen LogP contribution is -2.22. The van der Waals surface area contributed by atoms with Crippen molar-refractivity contribution in [3.63, 3.8) is 0 Å². The smallest absolute Gasteiger partial charge is 0.257 e. The highest BCUT2D eigenvalue weighted by molar-refractivity contribution is 6.07. The van der Waals surface area contributed by atoms with Gasteiger partial charge in [-0.15, -0.1) is 0 Å². The fourth-order valence-corrected chi connectivity index (χ4v) is 2.67. The van der Waals surface area contributed by atoms with Gasteiger partial charge in [-0.05, 0) is 36.4 Å². The Kier molecular flexibility index (Phi) is 4.62. The Labute approximate surface area is 151 Å². The molecule has 0 bridgehead atoms. The van der Waals surface area contributed by atoms with Crippen LogP contribution in [0.5, 0.6) is 5.75 Å². The molecule has 3 rings (SSSR count). The Morgan fingerprint density at radius 1 is 1.15 bits per heavy atom. The fourth-order valence-electron chi connectivity index (χ4n) is 2.67. The molecule has 0 aliphatic heterocycles. The molecule has 0 aliphatic rings. The number of carbonyl (C=O) groups excluding carboxylic acids is 2. The molecule has 0 saturated carbocycles. The number of aromatic nitrogens is 2. The topological polar surface area (TPSA) is 76.5 Å². The molecule has 0 unspecified atom stereocenters. The summed E-state index contributed by atoms with van der Waals surface area (Å²) in [4.78, 5) is 30.6. The quantitative estimate of drug-likeness (QED) is 0.783. The first-order chi connectivity index (χ1) is 12.4. The van der Waals surface area contributed by atoms with Crippen LogP contribution in [0.3, 0.4) is 0 Å². The third-order valence-electron chi connectivity index (χ3n) is 4.08. The molecule has 1 N–H and O–H groups in total. The van der Waals surface area contributed by atoms with Crippen molar-refractivity contribution in [2.45, 2.75) is 0 Å². The molecule has 0 aliphatic carbocycles. The number of rotatable bonds is 4. The van der Waals surface area contributed by atoms with E-state index in [2.05, 4.69) is 10.3 Å². The molecule has 26 heavy (non-hydrogen) atoms. The number of anilines is 1. The minimum Gasteiger partial charge on any atom is -0.496 e. The number of imidazole rings is 1. The number of nitrogens with zero attached hydrogens (tertiary/aromatic N) is 3. The van der Waals surface area contributed by atoms with Gasteiger partial charge in [0.15, 0.2) is 0 Å². The Morgan fingerprint density at radius 2 is 1.92 bits per heavy atom. The largest absolute Gasteiger partial charge is 0.496 e. The number of benzene rings is 2. The van der Waals surface area contributed by atoms with Gasteiger partial charge >= 0.3 is 0 Å². The number of ether oxygens (including phenoxy) is 1. The van der Waals surface area contributed by atoms with Crippen LogP contribution in [0.15, 0.2) is 42.7 Å². The van der Waals surface area contributed by atoms with Crippen molar-refractivity contribution in [1.82, 2.24) is 14.5 Å². The highest BCUT2D eigenvalue weighted by atomic mass is 16.5. The van der Waals surface area contributed by atoms with E-state index in [-0.39, 0.29) is 11.8 Å². The van der Waals surface area contributed by atoms with Crippen LogP contribution < -0.4 is 10.1 Å². The molecule has 0 fully saturated rings. The van der Waals surface area contributed by atoms with Gasteiger partial charge in [0.05, 0.1) is 30.0 Å².